The number of aromatic hydroxyl groups is 2. The fourth-order valence-electron chi connectivity index (χ4n) is 4.40. The second-order valence-electron chi connectivity index (χ2n) is 13.0. The monoisotopic (exact) mass is 566 g/mol. The Morgan fingerprint density at radius 3 is 0.938 bits per heavy atom. The average molecular weight is 568 g/mol. The van der Waals surface area contributed by atoms with Gasteiger partial charge in [-0.05, 0) is 99.0 Å². The van der Waals surface area contributed by atoms with Crippen LogP contribution in [0.3, 0.4) is 0 Å². The molecule has 2 aromatic rings. The van der Waals surface area contributed by atoms with Crippen LogP contribution in [0, 0.1) is 0 Å². The summed E-state index contributed by atoms with van der Waals surface area (Å²) < 4.78 is 1.47. The van der Waals surface area contributed by atoms with E-state index in [-0.39, 0.29) is 33.2 Å². The number of phenols is 2. The Morgan fingerprint density at radius 2 is 0.750 bits per heavy atom. The molecule has 0 saturated carbocycles. The first-order valence-electron chi connectivity index (χ1n) is 11.2. The van der Waals surface area contributed by atoms with E-state index in [0.29, 0.717) is 0 Å². The summed E-state index contributed by atoms with van der Waals surface area (Å²) in [6.07, 6.45) is 0. The van der Waals surface area contributed by atoms with Crippen LogP contribution < -0.4 is 0 Å². The molecule has 0 fully saturated rings. The van der Waals surface area contributed by atoms with Crippen LogP contribution in [-0.4, -0.2) is 10.2 Å². The van der Waals surface area contributed by atoms with Crippen LogP contribution in [0.4, 0.5) is 0 Å². The van der Waals surface area contributed by atoms with Gasteiger partial charge >= 0.3 is 0 Å². The number of benzene rings is 2. The summed E-state index contributed by atoms with van der Waals surface area (Å²) >= 11 is 7.47. The summed E-state index contributed by atoms with van der Waals surface area (Å²) in [6, 6.07) is 3.82. The normalized spacial score (nSPS) is 13.6. The van der Waals surface area contributed by atoms with Gasteiger partial charge in [0.1, 0.15) is 11.5 Å². The molecule has 0 aliphatic carbocycles. The lowest BCUT2D eigenvalue weighted by Gasteiger charge is -2.38. The van der Waals surface area contributed by atoms with Crippen molar-refractivity contribution in [3.63, 3.8) is 0 Å². The Balaban J connectivity index is 3.42. The van der Waals surface area contributed by atoms with Crippen molar-refractivity contribution < 1.29 is 10.2 Å². The quantitative estimate of drug-likeness (QED) is 0.360. The molecule has 0 unspecified atom stereocenters. The number of halogens is 2. The predicted molar refractivity (Wildman–Crippen MR) is 145 cm³/mol. The zero-order valence-electron chi connectivity index (χ0n) is 21.8. The third-order valence-electron chi connectivity index (χ3n) is 5.86. The Morgan fingerprint density at radius 1 is 0.500 bits per heavy atom. The van der Waals surface area contributed by atoms with Crippen molar-refractivity contribution in [1.29, 1.82) is 0 Å². The zero-order chi connectivity index (χ0) is 25.2. The topological polar surface area (TPSA) is 40.5 Å². The summed E-state index contributed by atoms with van der Waals surface area (Å²) in [7, 11) is 0. The van der Waals surface area contributed by atoms with Crippen LogP contribution >= 0.6 is 31.9 Å². The minimum Gasteiger partial charge on any atom is -0.507 e. The first kappa shape index (κ1) is 27.2. The minimum absolute atomic E-state index is 0.206. The van der Waals surface area contributed by atoms with Crippen LogP contribution in [0.1, 0.15) is 105 Å². The van der Waals surface area contributed by atoms with Crippen LogP contribution in [0.2, 0.25) is 0 Å². The molecule has 0 amide bonds. The molecule has 0 radical (unpaired) electrons. The van der Waals surface area contributed by atoms with Crippen LogP contribution in [0.25, 0.3) is 11.1 Å². The molecule has 0 heterocycles. The van der Waals surface area contributed by atoms with Crippen LogP contribution in [-0.2, 0) is 21.7 Å². The molecule has 0 aromatic heterocycles. The SMILES string of the molecule is CC(C)(C)c1cc(O)c(Br)c(C(C)(C)C)c1-c1c(C(C)(C)C)cc(O)c(Br)c1C(C)(C)C. The highest BCUT2D eigenvalue weighted by molar-refractivity contribution is 9.11. The lowest BCUT2D eigenvalue weighted by Crippen LogP contribution is -2.25. The van der Waals surface area contributed by atoms with Crippen LogP contribution in [0.15, 0.2) is 21.1 Å². The lowest BCUT2D eigenvalue weighted by molar-refractivity contribution is 0.459. The van der Waals surface area contributed by atoms with E-state index >= 15 is 0 Å². The highest BCUT2D eigenvalue weighted by Crippen LogP contribution is 2.54. The van der Waals surface area contributed by atoms with Gasteiger partial charge in [0.25, 0.3) is 0 Å². The van der Waals surface area contributed by atoms with Gasteiger partial charge in [0, 0.05) is 0 Å². The van der Waals surface area contributed by atoms with Gasteiger partial charge in [0.15, 0.2) is 0 Å². The fraction of sp³-hybridized carbons (Fsp3) is 0.571. The van der Waals surface area contributed by atoms with Crippen molar-refractivity contribution in [2.45, 2.75) is 105 Å². The van der Waals surface area contributed by atoms with E-state index < -0.39 is 0 Å². The molecule has 0 bridgehead atoms. The first-order valence-corrected chi connectivity index (χ1v) is 12.8. The van der Waals surface area contributed by atoms with Crippen LogP contribution in [0.5, 0.6) is 11.5 Å². The van der Waals surface area contributed by atoms with E-state index in [1.165, 1.54) is 0 Å². The van der Waals surface area contributed by atoms with Gasteiger partial charge < -0.3 is 10.2 Å². The molecule has 0 aliphatic heterocycles. The van der Waals surface area contributed by atoms with Gasteiger partial charge in [-0.3, -0.25) is 0 Å². The predicted octanol–water partition coefficient (Wildman–Crippen LogP) is 9.48. The second-order valence-corrected chi connectivity index (χ2v) is 14.6. The number of phenolic OH excluding ortho intramolecular Hbond substituents is 2. The van der Waals surface area contributed by atoms with Gasteiger partial charge in [-0.15, -0.1) is 0 Å². The average Bonchev–Trinajstić information content (AvgIpc) is 2.54. The molecule has 2 N–H and O–H groups in total. The maximum Gasteiger partial charge on any atom is 0.130 e. The largest absolute Gasteiger partial charge is 0.507 e. The minimum atomic E-state index is -0.235. The van der Waals surface area contributed by atoms with Crippen molar-refractivity contribution >= 4 is 31.9 Å². The van der Waals surface area contributed by atoms with E-state index in [0.717, 1.165) is 42.3 Å². The molecule has 178 valence electrons. The molecule has 0 saturated heterocycles. The summed E-state index contributed by atoms with van der Waals surface area (Å²) in [5.41, 5.74) is 5.75. The second kappa shape index (κ2) is 8.34. The molecular formula is C28H40Br2O2. The summed E-state index contributed by atoms with van der Waals surface area (Å²) in [5.74, 6) is 0.520. The highest BCUT2D eigenvalue weighted by atomic mass is 79.9. The molecule has 0 aliphatic rings. The fourth-order valence-corrected chi connectivity index (χ4v) is 6.22. The summed E-state index contributed by atoms with van der Waals surface area (Å²) in [5, 5.41) is 21.9. The molecule has 32 heavy (non-hydrogen) atoms. The van der Waals surface area contributed by atoms with Gasteiger partial charge in [0.2, 0.25) is 0 Å². The first-order chi connectivity index (χ1) is 14.1. The highest BCUT2D eigenvalue weighted by Gasteiger charge is 2.37. The molecule has 2 rings (SSSR count). The van der Waals surface area contributed by atoms with Crippen molar-refractivity contribution in [2.24, 2.45) is 0 Å². The smallest absolute Gasteiger partial charge is 0.130 e. The molecule has 2 aromatic carbocycles. The van der Waals surface area contributed by atoms with Gasteiger partial charge in [0.05, 0.1) is 8.95 Å². The van der Waals surface area contributed by atoms with Gasteiger partial charge in [-0.1, -0.05) is 83.1 Å². The Kier molecular flexibility index (Phi) is 7.10. The Labute approximate surface area is 212 Å². The van der Waals surface area contributed by atoms with Crippen molar-refractivity contribution in [1.82, 2.24) is 0 Å². The maximum atomic E-state index is 10.9. The van der Waals surface area contributed by atoms with E-state index in [4.69, 9.17) is 0 Å². The van der Waals surface area contributed by atoms with E-state index in [1.54, 1.807) is 0 Å². The maximum absolute atomic E-state index is 10.9. The number of hydrogen-bond donors (Lipinski definition) is 2. The Bertz CT molecular complexity index is 953. The zero-order valence-corrected chi connectivity index (χ0v) is 25.0. The van der Waals surface area contributed by atoms with E-state index in [9.17, 15) is 10.2 Å². The van der Waals surface area contributed by atoms with E-state index in [2.05, 4.69) is 115 Å². The van der Waals surface area contributed by atoms with Crippen molar-refractivity contribution in [3.8, 4) is 22.6 Å². The molecule has 0 atom stereocenters. The Hall–Kier alpha value is -1.00. The standard InChI is InChI=1S/C28H40Br2O2/c1-25(2,3)15-13-17(31)23(29)21(27(7,8)9)19(15)20-16(26(4,5)6)14-18(32)24(30)22(20)28(10,11)12/h13-14,31-32H,1-12H3. The summed E-state index contributed by atoms with van der Waals surface area (Å²) in [6.45, 7) is 26.3. The van der Waals surface area contributed by atoms with Gasteiger partial charge in [-0.25, -0.2) is 0 Å². The molecule has 4 heteroatoms. The van der Waals surface area contributed by atoms with Crippen molar-refractivity contribution in [2.75, 3.05) is 0 Å². The third kappa shape index (κ3) is 5.06. The molecule has 2 nitrogen and oxygen atoms in total. The molecular weight excluding hydrogens is 528 g/mol. The lowest BCUT2D eigenvalue weighted by atomic mass is 9.68. The third-order valence-corrected chi connectivity index (χ3v) is 7.46. The number of hydrogen-bond acceptors (Lipinski definition) is 2. The number of rotatable bonds is 1. The molecule has 0 spiro atoms. The van der Waals surface area contributed by atoms with Crippen molar-refractivity contribution in [3.05, 3.63) is 43.3 Å². The van der Waals surface area contributed by atoms with E-state index in [1.807, 2.05) is 12.1 Å². The van der Waals surface area contributed by atoms with Gasteiger partial charge in [-0.2, -0.15) is 0 Å². The summed E-state index contributed by atoms with van der Waals surface area (Å²) in [4.78, 5) is 0.